The van der Waals surface area contributed by atoms with Crippen molar-refractivity contribution in [2.45, 2.75) is 0 Å². The van der Waals surface area contributed by atoms with Gasteiger partial charge in [-0.3, -0.25) is 0 Å². The van der Waals surface area contributed by atoms with Crippen LogP contribution in [0.2, 0.25) is 0 Å². The van der Waals surface area contributed by atoms with E-state index >= 15 is 0 Å². The van der Waals surface area contributed by atoms with Crippen LogP contribution < -0.4 is 4.90 Å². The topological polar surface area (TPSA) is 8.17 Å². The third-order valence-electron chi connectivity index (χ3n) is 11.0. The monoisotopic (exact) mass is 718 g/mol. The van der Waals surface area contributed by atoms with Crippen LogP contribution in [0.15, 0.2) is 206 Å². The van der Waals surface area contributed by atoms with E-state index in [9.17, 15) is 0 Å². The van der Waals surface area contributed by atoms with E-state index in [2.05, 4.69) is 216 Å². The van der Waals surface area contributed by atoms with Crippen LogP contribution in [0.5, 0.6) is 0 Å². The molecule has 258 valence electrons. The molecule has 0 atom stereocenters. The lowest BCUT2D eigenvalue weighted by atomic mass is 10.0. The fraction of sp³-hybridized carbons (Fsp3) is 0. The van der Waals surface area contributed by atoms with Crippen molar-refractivity contribution < 1.29 is 0 Å². The van der Waals surface area contributed by atoms with Gasteiger partial charge in [-0.25, -0.2) is 0 Å². The van der Waals surface area contributed by atoms with E-state index < -0.39 is 0 Å². The Labute approximate surface area is 323 Å². The van der Waals surface area contributed by atoms with E-state index in [0.717, 1.165) is 17.1 Å². The highest BCUT2D eigenvalue weighted by Gasteiger charge is 2.19. The summed E-state index contributed by atoms with van der Waals surface area (Å²) in [4.78, 5) is 2.38. The van der Waals surface area contributed by atoms with E-state index in [0.29, 0.717) is 0 Å². The molecule has 0 aliphatic rings. The average molecular weight is 719 g/mol. The van der Waals surface area contributed by atoms with Crippen LogP contribution in [-0.2, 0) is 0 Å². The zero-order chi connectivity index (χ0) is 36.3. The van der Waals surface area contributed by atoms with E-state index in [1.54, 1.807) is 0 Å². The summed E-state index contributed by atoms with van der Waals surface area (Å²) in [5.41, 5.74) is 11.8. The molecule has 11 aromatic rings. The summed E-state index contributed by atoms with van der Waals surface area (Å²) in [6.45, 7) is 0. The minimum absolute atomic E-state index is 1.11. The van der Waals surface area contributed by atoms with Gasteiger partial charge in [0.05, 0.1) is 16.7 Å². The molecule has 2 heterocycles. The average Bonchev–Trinajstić information content (AvgIpc) is 3.80. The molecule has 0 unspecified atom stereocenters. The Kier molecular flexibility index (Phi) is 7.39. The Balaban J connectivity index is 1.06. The third-order valence-corrected chi connectivity index (χ3v) is 12.2. The summed E-state index contributed by atoms with van der Waals surface area (Å²) in [6.07, 6.45) is 0. The van der Waals surface area contributed by atoms with Gasteiger partial charge >= 0.3 is 0 Å². The largest absolute Gasteiger partial charge is 0.310 e. The first-order valence-corrected chi connectivity index (χ1v) is 19.6. The summed E-state index contributed by atoms with van der Waals surface area (Å²) >= 11 is 1.90. The molecule has 9 aromatic carbocycles. The molecule has 11 rings (SSSR count). The van der Waals surface area contributed by atoms with Crippen molar-refractivity contribution in [1.29, 1.82) is 0 Å². The third kappa shape index (κ3) is 5.24. The van der Waals surface area contributed by atoms with Crippen LogP contribution >= 0.6 is 11.3 Å². The van der Waals surface area contributed by atoms with Crippen molar-refractivity contribution in [3.63, 3.8) is 0 Å². The number of benzene rings is 9. The first-order valence-electron chi connectivity index (χ1n) is 18.8. The first-order chi connectivity index (χ1) is 27.3. The Morgan fingerprint density at radius 2 is 0.964 bits per heavy atom. The molecule has 0 amide bonds. The lowest BCUT2D eigenvalue weighted by Crippen LogP contribution is -2.10. The summed E-state index contributed by atoms with van der Waals surface area (Å²) in [5.74, 6) is 0. The molecule has 0 saturated carbocycles. The van der Waals surface area contributed by atoms with Crippen LogP contribution in [0, 0.1) is 0 Å². The molecular weight excluding hydrogens is 685 g/mol. The smallest absolute Gasteiger partial charge is 0.0555 e. The number of fused-ring (bicyclic) bond motifs is 8. The molecule has 2 nitrogen and oxygen atoms in total. The van der Waals surface area contributed by atoms with Crippen LogP contribution in [0.4, 0.5) is 17.1 Å². The molecule has 0 N–H and O–H groups in total. The molecule has 0 bridgehead atoms. The van der Waals surface area contributed by atoms with Crippen LogP contribution in [-0.4, -0.2) is 4.57 Å². The van der Waals surface area contributed by atoms with Gasteiger partial charge in [-0.15, -0.1) is 11.3 Å². The van der Waals surface area contributed by atoms with Crippen LogP contribution in [0.3, 0.4) is 0 Å². The first kappa shape index (κ1) is 31.6. The van der Waals surface area contributed by atoms with Crippen molar-refractivity contribution in [1.82, 2.24) is 4.57 Å². The maximum atomic E-state index is 2.42. The predicted octanol–water partition coefficient (Wildman–Crippen LogP) is 15.1. The minimum Gasteiger partial charge on any atom is -0.310 e. The molecule has 0 aliphatic heterocycles. The van der Waals surface area contributed by atoms with Gasteiger partial charge in [-0.2, -0.15) is 0 Å². The SMILES string of the molecule is c1ccc(-c2ccc(N(c3ccc(-c4ccc5c(c4)c4c6sc7ccccc7c6ccc4n5-c4ccccc4)cc3)c3cccc4ccccc34)cc2)cc1. The maximum absolute atomic E-state index is 2.42. The molecule has 0 aliphatic carbocycles. The van der Waals surface area contributed by atoms with Crippen LogP contribution in [0.25, 0.3) is 80.7 Å². The second-order valence-electron chi connectivity index (χ2n) is 14.1. The predicted molar refractivity (Wildman–Crippen MR) is 237 cm³/mol. The molecule has 55 heavy (non-hydrogen) atoms. The Morgan fingerprint density at radius 3 is 1.73 bits per heavy atom. The summed E-state index contributed by atoms with van der Waals surface area (Å²) < 4.78 is 5.09. The molecule has 0 saturated heterocycles. The van der Waals surface area contributed by atoms with E-state index in [1.807, 2.05) is 11.3 Å². The number of aromatic nitrogens is 1. The Morgan fingerprint density at radius 1 is 0.382 bits per heavy atom. The van der Waals surface area contributed by atoms with Gasteiger partial charge in [0.15, 0.2) is 0 Å². The fourth-order valence-electron chi connectivity index (χ4n) is 8.39. The standard InChI is InChI=1S/C52H34N2S/c1-3-12-35(13-4-1)36-22-27-41(28-23-36)53(47-20-11-15-38-14-7-8-18-43(38)47)42-29-24-37(25-30-42)39-26-32-48-46(34-39)51-49(54(48)40-16-5-2-6-17-40)33-31-45-44-19-9-10-21-50(44)55-52(45)51/h1-34H. The number of para-hydroxylation sites is 1. The minimum atomic E-state index is 1.11. The van der Waals surface area contributed by atoms with Crippen molar-refractivity contribution in [3.05, 3.63) is 206 Å². The number of thiophene rings is 1. The Bertz CT molecular complexity index is 3170. The normalized spacial score (nSPS) is 11.6. The molecule has 0 radical (unpaired) electrons. The summed E-state index contributed by atoms with van der Waals surface area (Å²) in [5, 5.41) is 7.67. The second kappa shape index (κ2) is 12.9. The molecule has 0 fully saturated rings. The van der Waals surface area contributed by atoms with Gasteiger partial charge in [-0.1, -0.05) is 140 Å². The van der Waals surface area contributed by atoms with Gasteiger partial charge in [0.1, 0.15) is 0 Å². The van der Waals surface area contributed by atoms with Gasteiger partial charge in [0.25, 0.3) is 0 Å². The fourth-order valence-corrected chi connectivity index (χ4v) is 9.65. The molecule has 0 spiro atoms. The van der Waals surface area contributed by atoms with Crippen molar-refractivity contribution in [2.75, 3.05) is 4.90 Å². The van der Waals surface area contributed by atoms with Crippen molar-refractivity contribution in [3.8, 4) is 27.9 Å². The number of hydrogen-bond donors (Lipinski definition) is 0. The molecule has 2 aromatic heterocycles. The summed E-state index contributed by atoms with van der Waals surface area (Å²) in [6, 6.07) is 75.0. The summed E-state index contributed by atoms with van der Waals surface area (Å²) in [7, 11) is 0. The molecular formula is C52H34N2S. The quantitative estimate of drug-likeness (QED) is 0.166. The zero-order valence-electron chi connectivity index (χ0n) is 29.9. The lowest BCUT2D eigenvalue weighted by molar-refractivity contribution is 1.18. The maximum Gasteiger partial charge on any atom is 0.0555 e. The van der Waals surface area contributed by atoms with Gasteiger partial charge in [-0.05, 0) is 94.4 Å². The van der Waals surface area contributed by atoms with E-state index in [1.165, 1.54) is 80.7 Å². The lowest BCUT2D eigenvalue weighted by Gasteiger charge is -2.27. The van der Waals surface area contributed by atoms with Gasteiger partial charge in [0.2, 0.25) is 0 Å². The highest BCUT2D eigenvalue weighted by atomic mass is 32.1. The number of hydrogen-bond acceptors (Lipinski definition) is 2. The zero-order valence-corrected chi connectivity index (χ0v) is 30.7. The van der Waals surface area contributed by atoms with Gasteiger partial charge < -0.3 is 9.47 Å². The molecule has 3 heteroatoms. The highest BCUT2D eigenvalue weighted by molar-refractivity contribution is 7.26. The number of anilines is 3. The highest BCUT2D eigenvalue weighted by Crippen LogP contribution is 2.45. The van der Waals surface area contributed by atoms with Gasteiger partial charge in [0, 0.05) is 53.4 Å². The van der Waals surface area contributed by atoms with E-state index in [4.69, 9.17) is 0 Å². The number of nitrogens with zero attached hydrogens (tertiary/aromatic N) is 2. The van der Waals surface area contributed by atoms with Crippen molar-refractivity contribution >= 4 is 81.1 Å². The van der Waals surface area contributed by atoms with Crippen LogP contribution in [0.1, 0.15) is 0 Å². The Hall–Kier alpha value is -6.94. The van der Waals surface area contributed by atoms with Crippen molar-refractivity contribution in [2.24, 2.45) is 0 Å². The van der Waals surface area contributed by atoms with E-state index in [-0.39, 0.29) is 0 Å². The number of rotatable bonds is 6. The second-order valence-corrected chi connectivity index (χ2v) is 15.2.